The maximum Gasteiger partial charge on any atom is 0.0571 e. The van der Waals surface area contributed by atoms with Crippen molar-refractivity contribution in [3.05, 3.63) is 0 Å². The molecule has 0 radical (unpaired) electrons. The van der Waals surface area contributed by atoms with Crippen LogP contribution in [0, 0.1) is 53.3 Å². The second-order valence-electron chi connectivity index (χ2n) is 12.8. The van der Waals surface area contributed by atoms with E-state index < -0.39 is 0 Å². The molecule has 4 fully saturated rings. The van der Waals surface area contributed by atoms with Crippen molar-refractivity contribution in [1.82, 2.24) is 0 Å². The van der Waals surface area contributed by atoms with E-state index in [-0.39, 0.29) is 0 Å². The van der Waals surface area contributed by atoms with Crippen molar-refractivity contribution in [2.24, 2.45) is 53.3 Å². The summed E-state index contributed by atoms with van der Waals surface area (Å²) in [4.78, 5) is 0. The molecule has 4 rings (SSSR count). The first-order valence-electron chi connectivity index (χ1n) is 14.6. The number of hydrogen-bond donors (Lipinski definition) is 0. The van der Waals surface area contributed by atoms with Crippen LogP contribution in [0.3, 0.4) is 0 Å². The fraction of sp³-hybridized carbons (Fsp3) is 1.00. The lowest BCUT2D eigenvalue weighted by Gasteiger charge is -2.49. The van der Waals surface area contributed by atoms with E-state index in [1.54, 1.807) is 44.9 Å². The molecule has 0 aromatic rings. The quantitative estimate of drug-likeness (QED) is 0.408. The molecule has 0 spiro atoms. The summed E-state index contributed by atoms with van der Waals surface area (Å²) in [7, 11) is 1.92. The predicted octanol–water partition coefficient (Wildman–Crippen LogP) is 8.90. The van der Waals surface area contributed by atoms with Gasteiger partial charge in [0.1, 0.15) is 0 Å². The Morgan fingerprint density at radius 3 is 1.48 bits per heavy atom. The van der Waals surface area contributed by atoms with Gasteiger partial charge < -0.3 is 4.74 Å². The number of hydrogen-bond acceptors (Lipinski definition) is 1. The highest BCUT2D eigenvalue weighted by molar-refractivity contribution is 4.93. The molecule has 0 bridgehead atoms. The minimum absolute atomic E-state index is 0.557. The molecule has 0 aromatic heterocycles. The number of methoxy groups -OCH3 is 1. The van der Waals surface area contributed by atoms with Gasteiger partial charge in [-0.05, 0) is 117 Å². The maximum atomic E-state index is 5.66. The Balaban J connectivity index is 1.34. The Labute approximate surface area is 194 Å². The Kier molecular flexibility index (Phi) is 8.86. The van der Waals surface area contributed by atoms with Crippen LogP contribution in [0.1, 0.15) is 124 Å². The van der Waals surface area contributed by atoms with Crippen LogP contribution in [0.4, 0.5) is 0 Å². The largest absolute Gasteiger partial charge is 0.381 e. The van der Waals surface area contributed by atoms with Crippen molar-refractivity contribution < 1.29 is 4.74 Å². The molecule has 0 aliphatic heterocycles. The molecule has 31 heavy (non-hydrogen) atoms. The van der Waals surface area contributed by atoms with Gasteiger partial charge in [-0.15, -0.1) is 0 Å². The summed E-state index contributed by atoms with van der Waals surface area (Å²) in [6.07, 6.45) is 24.4. The molecule has 0 amide bonds. The lowest BCUT2D eigenvalue weighted by molar-refractivity contribution is 0.00243. The smallest absolute Gasteiger partial charge is 0.0571 e. The highest BCUT2D eigenvalue weighted by Crippen LogP contribution is 2.52. The van der Waals surface area contributed by atoms with Gasteiger partial charge in [-0.25, -0.2) is 0 Å². The molecule has 0 heterocycles. The molecule has 4 aliphatic rings. The second-order valence-corrected chi connectivity index (χ2v) is 12.8. The van der Waals surface area contributed by atoms with Crippen LogP contribution in [0.25, 0.3) is 0 Å². The molecule has 0 aromatic carbocycles. The minimum Gasteiger partial charge on any atom is -0.381 e. The van der Waals surface area contributed by atoms with Crippen molar-refractivity contribution in [3.8, 4) is 0 Å². The molecule has 0 N–H and O–H groups in total. The average Bonchev–Trinajstić information content (AvgIpc) is 2.81. The van der Waals surface area contributed by atoms with Crippen molar-refractivity contribution in [2.75, 3.05) is 7.11 Å². The summed E-state index contributed by atoms with van der Waals surface area (Å²) >= 11 is 0. The van der Waals surface area contributed by atoms with Gasteiger partial charge in [-0.1, -0.05) is 59.3 Å². The molecular weight excluding hydrogens is 376 g/mol. The van der Waals surface area contributed by atoms with Gasteiger partial charge >= 0.3 is 0 Å². The molecule has 4 aliphatic carbocycles. The van der Waals surface area contributed by atoms with Crippen LogP contribution >= 0.6 is 0 Å². The molecule has 1 nitrogen and oxygen atoms in total. The first-order chi connectivity index (χ1) is 15.1. The van der Waals surface area contributed by atoms with Gasteiger partial charge in [0.25, 0.3) is 0 Å². The summed E-state index contributed by atoms with van der Waals surface area (Å²) in [6, 6.07) is 0. The van der Waals surface area contributed by atoms with Gasteiger partial charge in [0.2, 0.25) is 0 Å². The van der Waals surface area contributed by atoms with Gasteiger partial charge in [-0.3, -0.25) is 0 Å². The monoisotopic (exact) mass is 430 g/mol. The normalized spacial score (nSPS) is 47.2. The van der Waals surface area contributed by atoms with E-state index >= 15 is 0 Å². The molecule has 6 atom stereocenters. The van der Waals surface area contributed by atoms with Crippen LogP contribution in [0.5, 0.6) is 0 Å². The maximum absolute atomic E-state index is 5.66. The Hall–Kier alpha value is -0.0400. The minimum atomic E-state index is 0.557. The summed E-state index contributed by atoms with van der Waals surface area (Å²) in [5.41, 5.74) is 0. The molecule has 6 unspecified atom stereocenters. The SMILES string of the molecule is CCCC1CCC(C2CCC(C)C(C3CC(C4CCC(OC)CC4)CCC3C)C2)CC1. The van der Waals surface area contributed by atoms with E-state index in [2.05, 4.69) is 20.8 Å². The molecule has 0 saturated heterocycles. The number of ether oxygens (including phenoxy) is 1. The van der Waals surface area contributed by atoms with Crippen LogP contribution in [0.15, 0.2) is 0 Å². The highest BCUT2D eigenvalue weighted by Gasteiger charge is 2.42. The molecule has 180 valence electrons. The topological polar surface area (TPSA) is 9.23 Å². The van der Waals surface area contributed by atoms with Crippen LogP contribution in [-0.4, -0.2) is 13.2 Å². The lowest BCUT2D eigenvalue weighted by atomic mass is 9.57. The van der Waals surface area contributed by atoms with Crippen LogP contribution in [-0.2, 0) is 4.74 Å². The van der Waals surface area contributed by atoms with Crippen molar-refractivity contribution >= 4 is 0 Å². The lowest BCUT2D eigenvalue weighted by Crippen LogP contribution is -2.39. The zero-order chi connectivity index (χ0) is 21.8. The first-order valence-corrected chi connectivity index (χ1v) is 14.6. The zero-order valence-corrected chi connectivity index (χ0v) is 21.5. The third-order valence-electron chi connectivity index (χ3n) is 11.1. The van der Waals surface area contributed by atoms with Crippen LogP contribution in [0.2, 0.25) is 0 Å². The number of rotatable bonds is 6. The summed E-state index contributed by atoms with van der Waals surface area (Å²) in [6.45, 7) is 7.62. The standard InChI is InChI=1S/C30H54O/c1-5-6-23-9-13-24(14-10-23)26-11-7-21(2)29(19-26)30-20-27(12-8-22(30)3)25-15-17-28(31-4)18-16-25/h21-30H,5-20H2,1-4H3. The van der Waals surface area contributed by atoms with E-state index in [1.807, 2.05) is 7.11 Å². The van der Waals surface area contributed by atoms with Crippen molar-refractivity contribution in [3.63, 3.8) is 0 Å². The summed E-state index contributed by atoms with van der Waals surface area (Å²) < 4.78 is 5.66. The Morgan fingerprint density at radius 1 is 0.581 bits per heavy atom. The fourth-order valence-corrected chi connectivity index (χ4v) is 8.98. The van der Waals surface area contributed by atoms with E-state index in [0.29, 0.717) is 6.10 Å². The van der Waals surface area contributed by atoms with Gasteiger partial charge in [0, 0.05) is 7.11 Å². The average molecular weight is 431 g/mol. The van der Waals surface area contributed by atoms with E-state index in [4.69, 9.17) is 4.74 Å². The fourth-order valence-electron chi connectivity index (χ4n) is 8.98. The molecule has 4 saturated carbocycles. The van der Waals surface area contributed by atoms with Crippen molar-refractivity contribution in [1.29, 1.82) is 0 Å². The van der Waals surface area contributed by atoms with Gasteiger partial charge in [0.15, 0.2) is 0 Å². The molecule has 1 heteroatoms. The third-order valence-corrected chi connectivity index (χ3v) is 11.1. The van der Waals surface area contributed by atoms with E-state index in [0.717, 1.165) is 53.3 Å². The van der Waals surface area contributed by atoms with Gasteiger partial charge in [0.05, 0.1) is 6.10 Å². The summed E-state index contributed by atoms with van der Waals surface area (Å²) in [5, 5.41) is 0. The Morgan fingerprint density at radius 2 is 1.03 bits per heavy atom. The molecular formula is C30H54O. The van der Waals surface area contributed by atoms with E-state index in [1.165, 1.54) is 57.8 Å². The predicted molar refractivity (Wildman–Crippen MR) is 133 cm³/mol. The van der Waals surface area contributed by atoms with E-state index in [9.17, 15) is 0 Å². The van der Waals surface area contributed by atoms with Gasteiger partial charge in [-0.2, -0.15) is 0 Å². The second kappa shape index (κ2) is 11.4. The zero-order valence-electron chi connectivity index (χ0n) is 21.5. The Bertz CT molecular complexity index is 513. The van der Waals surface area contributed by atoms with Crippen LogP contribution < -0.4 is 0 Å². The first kappa shape index (κ1) is 24.1. The van der Waals surface area contributed by atoms with Crippen molar-refractivity contribution in [2.45, 2.75) is 130 Å². The third kappa shape index (κ3) is 5.91. The summed E-state index contributed by atoms with van der Waals surface area (Å²) in [5.74, 6) is 9.22. The highest BCUT2D eigenvalue weighted by atomic mass is 16.5.